The van der Waals surface area contributed by atoms with Gasteiger partial charge in [0.05, 0.1) is 0 Å². The van der Waals surface area contributed by atoms with Gasteiger partial charge in [0.2, 0.25) is 5.95 Å². The van der Waals surface area contributed by atoms with Gasteiger partial charge >= 0.3 is 0 Å². The first-order valence-corrected chi connectivity index (χ1v) is 5.94. The summed E-state index contributed by atoms with van der Waals surface area (Å²) in [5, 5.41) is 9.65. The van der Waals surface area contributed by atoms with E-state index in [0.717, 1.165) is 31.6 Å². The van der Waals surface area contributed by atoms with Crippen LogP contribution in [-0.4, -0.2) is 34.8 Å². The maximum absolute atomic E-state index is 9.17. The van der Waals surface area contributed by atoms with Crippen LogP contribution in [0.15, 0.2) is 6.07 Å². The van der Waals surface area contributed by atoms with E-state index >= 15 is 0 Å². The highest BCUT2D eigenvalue weighted by atomic mass is 35.5. The Bertz CT molecular complexity index is 352. The second-order valence-electron chi connectivity index (χ2n) is 4.27. The lowest BCUT2D eigenvalue weighted by Gasteiger charge is -2.31. The summed E-state index contributed by atoms with van der Waals surface area (Å²) in [6, 6.07) is 1.75. The Morgan fingerprint density at radius 1 is 1.56 bits per heavy atom. The molecule has 1 saturated heterocycles. The lowest BCUT2D eigenvalue weighted by molar-refractivity contribution is 0.208. The number of hydrogen-bond acceptors (Lipinski definition) is 4. The Balaban J connectivity index is 2.16. The summed E-state index contributed by atoms with van der Waals surface area (Å²) in [6.07, 6.45) is 2.15. The Hall–Kier alpha value is -0.870. The van der Waals surface area contributed by atoms with E-state index < -0.39 is 0 Å². The first-order valence-electron chi connectivity index (χ1n) is 5.56. The number of nitrogens with zero attached hydrogens (tertiary/aromatic N) is 3. The molecule has 0 aromatic carbocycles. The van der Waals surface area contributed by atoms with Crippen LogP contribution in [0, 0.1) is 12.8 Å². The summed E-state index contributed by atoms with van der Waals surface area (Å²) in [7, 11) is 0. The minimum Gasteiger partial charge on any atom is -0.396 e. The van der Waals surface area contributed by atoms with Crippen molar-refractivity contribution in [2.24, 2.45) is 5.92 Å². The Morgan fingerprint density at radius 3 is 3.06 bits per heavy atom. The highest BCUT2D eigenvalue weighted by molar-refractivity contribution is 6.29. The minimum atomic E-state index is 0.232. The zero-order valence-electron chi connectivity index (χ0n) is 9.36. The summed E-state index contributed by atoms with van der Waals surface area (Å²) in [5.74, 6) is 1.01. The number of rotatable bonds is 2. The van der Waals surface area contributed by atoms with E-state index in [-0.39, 0.29) is 6.61 Å². The molecule has 1 aromatic heterocycles. The summed E-state index contributed by atoms with van der Waals surface area (Å²) in [4.78, 5) is 10.7. The number of anilines is 1. The van der Waals surface area contributed by atoms with Gasteiger partial charge in [0.15, 0.2) is 0 Å². The lowest BCUT2D eigenvalue weighted by Crippen LogP contribution is -2.37. The third-order valence-corrected chi connectivity index (χ3v) is 3.06. The number of aliphatic hydroxyl groups excluding tert-OH is 1. The van der Waals surface area contributed by atoms with Crippen LogP contribution >= 0.6 is 11.6 Å². The van der Waals surface area contributed by atoms with Gasteiger partial charge in [-0.2, -0.15) is 0 Å². The number of aromatic nitrogens is 2. The maximum atomic E-state index is 9.17. The quantitative estimate of drug-likeness (QED) is 0.800. The second kappa shape index (κ2) is 4.97. The van der Waals surface area contributed by atoms with E-state index in [2.05, 4.69) is 14.9 Å². The van der Waals surface area contributed by atoms with Gasteiger partial charge in [-0.3, -0.25) is 0 Å². The van der Waals surface area contributed by atoms with Crippen molar-refractivity contribution in [2.75, 3.05) is 24.6 Å². The van der Waals surface area contributed by atoms with Crippen LogP contribution in [0.5, 0.6) is 0 Å². The molecule has 88 valence electrons. The fourth-order valence-electron chi connectivity index (χ4n) is 2.05. The van der Waals surface area contributed by atoms with Crippen LogP contribution in [0.2, 0.25) is 5.15 Å². The molecular formula is C11H16ClN3O. The van der Waals surface area contributed by atoms with Gasteiger partial charge in [-0.15, -0.1) is 0 Å². The third kappa shape index (κ3) is 2.62. The standard InChI is InChI=1S/C11H16ClN3O/c1-8-5-10(12)14-11(13-8)15-4-2-3-9(6-15)7-16/h5,9,16H,2-4,6-7H2,1H3. The van der Waals surface area contributed by atoms with Crippen molar-refractivity contribution in [1.29, 1.82) is 0 Å². The Kier molecular flexibility index (Phi) is 3.61. The molecule has 0 aliphatic carbocycles. The van der Waals surface area contributed by atoms with E-state index in [1.165, 1.54) is 0 Å². The molecule has 1 aliphatic heterocycles. The Labute approximate surface area is 100 Å². The molecule has 0 bridgehead atoms. The van der Waals surface area contributed by atoms with Crippen molar-refractivity contribution < 1.29 is 5.11 Å². The van der Waals surface area contributed by atoms with Crippen LogP contribution in [-0.2, 0) is 0 Å². The minimum absolute atomic E-state index is 0.232. The second-order valence-corrected chi connectivity index (χ2v) is 4.66. The average molecular weight is 242 g/mol. The van der Waals surface area contributed by atoms with Gasteiger partial charge in [-0.1, -0.05) is 11.6 Å². The van der Waals surface area contributed by atoms with Crippen molar-refractivity contribution >= 4 is 17.5 Å². The van der Waals surface area contributed by atoms with Gasteiger partial charge in [-0.25, -0.2) is 9.97 Å². The number of hydrogen-bond donors (Lipinski definition) is 1. The van der Waals surface area contributed by atoms with E-state index in [4.69, 9.17) is 11.6 Å². The number of aryl methyl sites for hydroxylation is 1. The highest BCUT2D eigenvalue weighted by Crippen LogP contribution is 2.21. The van der Waals surface area contributed by atoms with E-state index in [0.29, 0.717) is 17.0 Å². The fourth-order valence-corrected chi connectivity index (χ4v) is 2.29. The van der Waals surface area contributed by atoms with Crippen molar-refractivity contribution in [3.05, 3.63) is 16.9 Å². The molecule has 0 amide bonds. The average Bonchev–Trinajstić information content (AvgIpc) is 2.28. The van der Waals surface area contributed by atoms with Gasteiger partial charge in [0.25, 0.3) is 0 Å². The molecule has 2 rings (SSSR count). The number of aliphatic hydroxyl groups is 1. The molecule has 2 heterocycles. The zero-order valence-corrected chi connectivity index (χ0v) is 10.1. The van der Waals surface area contributed by atoms with Crippen LogP contribution in [0.25, 0.3) is 0 Å². The predicted molar refractivity (Wildman–Crippen MR) is 63.8 cm³/mol. The molecule has 4 nitrogen and oxygen atoms in total. The molecule has 0 radical (unpaired) electrons. The molecule has 16 heavy (non-hydrogen) atoms. The maximum Gasteiger partial charge on any atom is 0.226 e. The number of halogens is 1. The molecule has 1 unspecified atom stereocenters. The van der Waals surface area contributed by atoms with Crippen molar-refractivity contribution in [1.82, 2.24) is 9.97 Å². The molecule has 1 N–H and O–H groups in total. The third-order valence-electron chi connectivity index (χ3n) is 2.87. The molecule has 5 heteroatoms. The van der Waals surface area contributed by atoms with Crippen LogP contribution in [0.1, 0.15) is 18.5 Å². The van der Waals surface area contributed by atoms with Crippen LogP contribution in [0.3, 0.4) is 0 Å². The Morgan fingerprint density at radius 2 is 2.38 bits per heavy atom. The predicted octanol–water partition coefficient (Wildman–Crippen LogP) is 1.65. The topological polar surface area (TPSA) is 49.2 Å². The summed E-state index contributed by atoms with van der Waals surface area (Å²) in [5.41, 5.74) is 0.876. The molecule has 1 atom stereocenters. The summed E-state index contributed by atoms with van der Waals surface area (Å²) >= 11 is 5.91. The van der Waals surface area contributed by atoms with Gasteiger partial charge < -0.3 is 10.0 Å². The fraction of sp³-hybridized carbons (Fsp3) is 0.636. The molecule has 0 saturated carbocycles. The molecule has 1 aromatic rings. The van der Waals surface area contributed by atoms with Crippen molar-refractivity contribution in [2.45, 2.75) is 19.8 Å². The SMILES string of the molecule is Cc1cc(Cl)nc(N2CCCC(CO)C2)n1. The van der Waals surface area contributed by atoms with E-state index in [1.807, 2.05) is 6.92 Å². The molecule has 1 fully saturated rings. The van der Waals surface area contributed by atoms with Crippen LogP contribution in [0.4, 0.5) is 5.95 Å². The van der Waals surface area contributed by atoms with E-state index in [9.17, 15) is 5.11 Å². The van der Waals surface area contributed by atoms with Gasteiger partial charge in [0, 0.05) is 25.4 Å². The summed E-state index contributed by atoms with van der Waals surface area (Å²) < 4.78 is 0. The van der Waals surface area contributed by atoms with Gasteiger partial charge in [0.1, 0.15) is 5.15 Å². The first kappa shape index (κ1) is 11.6. The van der Waals surface area contributed by atoms with Gasteiger partial charge in [-0.05, 0) is 31.7 Å². The molecule has 1 aliphatic rings. The smallest absolute Gasteiger partial charge is 0.226 e. The largest absolute Gasteiger partial charge is 0.396 e. The molecular weight excluding hydrogens is 226 g/mol. The number of piperidine rings is 1. The normalized spacial score (nSPS) is 21.2. The monoisotopic (exact) mass is 241 g/mol. The molecule has 0 spiro atoms. The summed E-state index contributed by atoms with van der Waals surface area (Å²) in [6.45, 7) is 3.90. The van der Waals surface area contributed by atoms with Crippen molar-refractivity contribution in [3.63, 3.8) is 0 Å². The van der Waals surface area contributed by atoms with E-state index in [1.54, 1.807) is 6.07 Å². The van der Waals surface area contributed by atoms with Crippen molar-refractivity contribution in [3.8, 4) is 0 Å². The lowest BCUT2D eigenvalue weighted by atomic mass is 9.99. The first-order chi connectivity index (χ1) is 7.69. The zero-order chi connectivity index (χ0) is 11.5. The highest BCUT2D eigenvalue weighted by Gasteiger charge is 2.21. The van der Waals surface area contributed by atoms with Crippen LogP contribution < -0.4 is 4.90 Å².